The number of hydrogen-bond acceptors (Lipinski definition) is 3. The molecule has 2 heterocycles. The predicted octanol–water partition coefficient (Wildman–Crippen LogP) is 2.51. The maximum atomic E-state index is 12.4. The van der Waals surface area contributed by atoms with Crippen LogP contribution in [0.25, 0.3) is 0 Å². The van der Waals surface area contributed by atoms with E-state index in [0.29, 0.717) is 18.5 Å². The smallest absolute Gasteiger partial charge is 0.253 e. The number of anilines is 1. The number of nitrogens with one attached hydrogen (secondary N) is 1. The highest BCUT2D eigenvalue weighted by molar-refractivity contribution is 7.09. The zero-order valence-corrected chi connectivity index (χ0v) is 11.9. The molecule has 5 heteroatoms. The molecule has 0 unspecified atom stereocenters. The van der Waals surface area contributed by atoms with Crippen LogP contribution < -0.4 is 5.32 Å². The second kappa shape index (κ2) is 5.09. The zero-order valence-electron chi connectivity index (χ0n) is 11.1. The Morgan fingerprint density at radius 1 is 1.40 bits per heavy atom. The van der Waals surface area contributed by atoms with E-state index in [9.17, 15) is 9.59 Å². The molecule has 0 saturated heterocycles. The van der Waals surface area contributed by atoms with E-state index in [0.717, 1.165) is 16.1 Å². The van der Waals surface area contributed by atoms with Crippen molar-refractivity contribution < 1.29 is 9.59 Å². The Bertz CT molecular complexity index is 665. The molecule has 1 aromatic heterocycles. The summed E-state index contributed by atoms with van der Waals surface area (Å²) in [6.07, 6.45) is 0.398. The fourth-order valence-corrected chi connectivity index (χ4v) is 3.03. The van der Waals surface area contributed by atoms with Gasteiger partial charge in [-0.2, -0.15) is 0 Å². The van der Waals surface area contributed by atoms with Gasteiger partial charge in [0.1, 0.15) is 0 Å². The van der Waals surface area contributed by atoms with Gasteiger partial charge in [0, 0.05) is 23.2 Å². The Morgan fingerprint density at radius 3 is 3.00 bits per heavy atom. The van der Waals surface area contributed by atoms with Gasteiger partial charge in [-0.05, 0) is 29.1 Å². The van der Waals surface area contributed by atoms with E-state index in [1.54, 1.807) is 35.4 Å². The first kappa shape index (κ1) is 12.9. The Balaban J connectivity index is 1.77. The number of benzene rings is 1. The highest BCUT2D eigenvalue weighted by atomic mass is 32.1. The Hall–Kier alpha value is -2.14. The summed E-state index contributed by atoms with van der Waals surface area (Å²) in [5.41, 5.74) is 2.31. The first-order valence-corrected chi connectivity index (χ1v) is 7.22. The van der Waals surface area contributed by atoms with Crippen molar-refractivity contribution in [2.24, 2.45) is 0 Å². The summed E-state index contributed by atoms with van der Waals surface area (Å²) in [7, 11) is 1.79. The minimum absolute atomic E-state index is 0.0171. The summed E-state index contributed by atoms with van der Waals surface area (Å²) in [5.74, 6) is -0.0566. The van der Waals surface area contributed by atoms with Gasteiger partial charge in [0.2, 0.25) is 5.91 Å². The van der Waals surface area contributed by atoms with Crippen molar-refractivity contribution in [1.82, 2.24) is 4.90 Å². The lowest BCUT2D eigenvalue weighted by Gasteiger charge is -2.16. The van der Waals surface area contributed by atoms with E-state index in [2.05, 4.69) is 5.32 Å². The second-order valence-corrected chi connectivity index (χ2v) is 5.87. The van der Waals surface area contributed by atoms with Gasteiger partial charge in [-0.25, -0.2) is 0 Å². The minimum atomic E-state index is -0.0395. The SMILES string of the molecule is CN(Cc1cccs1)C(=O)c1ccc2c(c1)NC(=O)C2. The number of nitrogens with zero attached hydrogens (tertiary/aromatic N) is 1. The van der Waals surface area contributed by atoms with E-state index in [4.69, 9.17) is 0 Å². The molecule has 0 radical (unpaired) electrons. The van der Waals surface area contributed by atoms with Gasteiger partial charge >= 0.3 is 0 Å². The topological polar surface area (TPSA) is 49.4 Å². The van der Waals surface area contributed by atoms with Crippen molar-refractivity contribution >= 4 is 28.8 Å². The molecule has 0 fully saturated rings. The van der Waals surface area contributed by atoms with Crippen LogP contribution in [0.2, 0.25) is 0 Å². The lowest BCUT2D eigenvalue weighted by Crippen LogP contribution is -2.25. The van der Waals surface area contributed by atoms with Crippen molar-refractivity contribution in [1.29, 1.82) is 0 Å². The van der Waals surface area contributed by atoms with E-state index in [-0.39, 0.29) is 11.8 Å². The van der Waals surface area contributed by atoms with Gasteiger partial charge in [0.25, 0.3) is 5.91 Å². The number of rotatable bonds is 3. The highest BCUT2D eigenvalue weighted by Crippen LogP contribution is 2.24. The second-order valence-electron chi connectivity index (χ2n) is 4.84. The van der Waals surface area contributed by atoms with Crippen LogP contribution in [0.3, 0.4) is 0 Å². The van der Waals surface area contributed by atoms with Crippen LogP contribution >= 0.6 is 11.3 Å². The third-order valence-corrected chi connectivity index (χ3v) is 4.16. The summed E-state index contributed by atoms with van der Waals surface area (Å²) in [4.78, 5) is 26.5. The van der Waals surface area contributed by atoms with Crippen LogP contribution in [0, 0.1) is 0 Å². The third kappa shape index (κ3) is 2.44. The van der Waals surface area contributed by atoms with Crippen LogP contribution in [0.5, 0.6) is 0 Å². The minimum Gasteiger partial charge on any atom is -0.337 e. The Labute approximate surface area is 121 Å². The van der Waals surface area contributed by atoms with Crippen LogP contribution in [0.4, 0.5) is 5.69 Å². The van der Waals surface area contributed by atoms with Crippen molar-refractivity contribution in [3.05, 3.63) is 51.7 Å². The number of hydrogen-bond donors (Lipinski definition) is 1. The lowest BCUT2D eigenvalue weighted by molar-refractivity contribution is -0.115. The van der Waals surface area contributed by atoms with Crippen LogP contribution in [-0.2, 0) is 17.8 Å². The van der Waals surface area contributed by atoms with Crippen LogP contribution in [0.15, 0.2) is 35.7 Å². The summed E-state index contributed by atoms with van der Waals surface area (Å²) < 4.78 is 0. The molecule has 0 bridgehead atoms. The first-order valence-electron chi connectivity index (χ1n) is 6.34. The van der Waals surface area contributed by atoms with E-state index in [1.807, 2.05) is 23.6 Å². The average molecular weight is 286 g/mol. The molecule has 4 nitrogen and oxygen atoms in total. The average Bonchev–Trinajstić information content (AvgIpc) is 3.04. The monoisotopic (exact) mass is 286 g/mol. The molecule has 0 atom stereocenters. The van der Waals surface area contributed by atoms with Gasteiger partial charge in [-0.15, -0.1) is 11.3 Å². The fraction of sp³-hybridized carbons (Fsp3) is 0.200. The zero-order chi connectivity index (χ0) is 14.1. The molecule has 20 heavy (non-hydrogen) atoms. The number of thiophene rings is 1. The molecule has 1 aliphatic heterocycles. The van der Waals surface area contributed by atoms with Gasteiger partial charge < -0.3 is 10.2 Å². The van der Waals surface area contributed by atoms with E-state index >= 15 is 0 Å². The maximum Gasteiger partial charge on any atom is 0.253 e. The Morgan fingerprint density at radius 2 is 2.25 bits per heavy atom. The molecule has 1 aromatic carbocycles. The number of amides is 2. The molecule has 0 aliphatic carbocycles. The number of carbonyl (C=O) groups is 2. The van der Waals surface area contributed by atoms with E-state index in [1.165, 1.54) is 0 Å². The molecule has 1 aliphatic rings. The summed E-state index contributed by atoms with van der Waals surface area (Å²) in [5, 5.41) is 4.77. The largest absolute Gasteiger partial charge is 0.337 e. The summed E-state index contributed by atoms with van der Waals surface area (Å²) >= 11 is 1.63. The van der Waals surface area contributed by atoms with E-state index < -0.39 is 0 Å². The van der Waals surface area contributed by atoms with Crippen molar-refractivity contribution in [2.75, 3.05) is 12.4 Å². The highest BCUT2D eigenvalue weighted by Gasteiger charge is 2.20. The molecule has 0 saturated carbocycles. The molecule has 1 N–H and O–H groups in total. The quantitative estimate of drug-likeness (QED) is 0.942. The number of fused-ring (bicyclic) bond motifs is 1. The van der Waals surface area contributed by atoms with Gasteiger partial charge in [-0.3, -0.25) is 9.59 Å². The lowest BCUT2D eigenvalue weighted by atomic mass is 10.1. The predicted molar refractivity (Wildman–Crippen MR) is 78.9 cm³/mol. The molecular formula is C15H14N2O2S. The third-order valence-electron chi connectivity index (χ3n) is 3.30. The van der Waals surface area contributed by atoms with Crippen molar-refractivity contribution in [3.63, 3.8) is 0 Å². The fourth-order valence-electron chi connectivity index (χ4n) is 2.28. The molecule has 0 spiro atoms. The summed E-state index contributed by atoms with van der Waals surface area (Å²) in [6.45, 7) is 0.597. The molecule has 2 amide bonds. The molecule has 2 aromatic rings. The Kier molecular flexibility index (Phi) is 3.28. The van der Waals surface area contributed by atoms with Gasteiger partial charge in [0.05, 0.1) is 13.0 Å². The molecule has 3 rings (SSSR count). The van der Waals surface area contributed by atoms with Gasteiger partial charge in [-0.1, -0.05) is 12.1 Å². The van der Waals surface area contributed by atoms with Crippen LogP contribution in [0.1, 0.15) is 20.8 Å². The molecule has 102 valence electrons. The summed E-state index contributed by atoms with van der Waals surface area (Å²) in [6, 6.07) is 9.37. The standard InChI is InChI=1S/C15H14N2O2S/c1-17(9-12-3-2-6-20-12)15(19)11-5-4-10-8-14(18)16-13(10)7-11/h2-7H,8-9H2,1H3,(H,16,18). The maximum absolute atomic E-state index is 12.4. The molecular weight excluding hydrogens is 272 g/mol. The van der Waals surface area contributed by atoms with Crippen molar-refractivity contribution in [3.8, 4) is 0 Å². The number of carbonyl (C=O) groups excluding carboxylic acids is 2. The van der Waals surface area contributed by atoms with Crippen molar-refractivity contribution in [2.45, 2.75) is 13.0 Å². The van der Waals surface area contributed by atoms with Gasteiger partial charge in [0.15, 0.2) is 0 Å². The first-order chi connectivity index (χ1) is 9.63. The van der Waals surface area contributed by atoms with Crippen LogP contribution in [-0.4, -0.2) is 23.8 Å². The normalized spacial score (nSPS) is 12.9.